The summed E-state index contributed by atoms with van der Waals surface area (Å²) < 4.78 is 22.4. The van der Waals surface area contributed by atoms with Gasteiger partial charge in [-0.05, 0) is 33.1 Å². The SMILES string of the molecule is CCO[Si](OCC)(OCC)OCCC(C)C. The summed E-state index contributed by atoms with van der Waals surface area (Å²) in [7, 11) is -2.86. The summed E-state index contributed by atoms with van der Waals surface area (Å²) in [6.07, 6.45) is 0.988. The van der Waals surface area contributed by atoms with E-state index in [1.54, 1.807) is 0 Å². The Hall–Kier alpha value is 0.0569. The number of hydrogen-bond donors (Lipinski definition) is 0. The first-order chi connectivity index (χ1) is 7.60. The van der Waals surface area contributed by atoms with E-state index in [9.17, 15) is 0 Å². The average Bonchev–Trinajstić information content (AvgIpc) is 2.18. The van der Waals surface area contributed by atoms with Gasteiger partial charge in [-0.25, -0.2) is 0 Å². The van der Waals surface area contributed by atoms with E-state index in [-0.39, 0.29) is 0 Å². The van der Waals surface area contributed by atoms with Crippen molar-refractivity contribution in [3.05, 3.63) is 0 Å². The van der Waals surface area contributed by atoms with Crippen molar-refractivity contribution in [1.29, 1.82) is 0 Å². The molecule has 0 rings (SSSR count). The Morgan fingerprint density at radius 3 is 1.56 bits per heavy atom. The second kappa shape index (κ2) is 9.12. The molecule has 5 heteroatoms. The normalized spacial score (nSPS) is 12.4. The molecule has 0 bridgehead atoms. The van der Waals surface area contributed by atoms with E-state index >= 15 is 0 Å². The lowest BCUT2D eigenvalue weighted by Gasteiger charge is -2.27. The van der Waals surface area contributed by atoms with Crippen LogP contribution in [0.3, 0.4) is 0 Å². The first-order valence-corrected chi connectivity index (χ1v) is 7.79. The van der Waals surface area contributed by atoms with Crippen LogP contribution < -0.4 is 0 Å². The third kappa shape index (κ3) is 6.60. The molecule has 0 spiro atoms. The van der Waals surface area contributed by atoms with Crippen LogP contribution in [0.4, 0.5) is 0 Å². The van der Waals surface area contributed by atoms with Crippen LogP contribution in [0, 0.1) is 5.92 Å². The van der Waals surface area contributed by atoms with Gasteiger partial charge in [-0.3, -0.25) is 0 Å². The zero-order chi connectivity index (χ0) is 12.4. The maximum atomic E-state index is 5.73. The molecule has 0 aromatic carbocycles. The van der Waals surface area contributed by atoms with Gasteiger partial charge in [-0.2, -0.15) is 0 Å². The van der Waals surface area contributed by atoms with Crippen molar-refractivity contribution in [2.24, 2.45) is 5.92 Å². The molecule has 0 saturated carbocycles. The third-order valence-electron chi connectivity index (χ3n) is 1.94. The topological polar surface area (TPSA) is 36.9 Å². The van der Waals surface area contributed by atoms with E-state index in [0.717, 1.165) is 6.42 Å². The molecule has 0 amide bonds. The zero-order valence-corrected chi connectivity index (χ0v) is 12.2. The minimum absolute atomic E-state index is 0.550. The highest BCUT2D eigenvalue weighted by molar-refractivity contribution is 6.53. The predicted molar refractivity (Wildman–Crippen MR) is 66.0 cm³/mol. The fourth-order valence-electron chi connectivity index (χ4n) is 1.20. The van der Waals surface area contributed by atoms with Crippen LogP contribution in [0.2, 0.25) is 0 Å². The van der Waals surface area contributed by atoms with Crippen LogP contribution in [-0.2, 0) is 17.7 Å². The molecule has 0 saturated heterocycles. The van der Waals surface area contributed by atoms with E-state index in [0.29, 0.717) is 32.3 Å². The lowest BCUT2D eigenvalue weighted by Crippen LogP contribution is -2.49. The average molecular weight is 250 g/mol. The van der Waals surface area contributed by atoms with Gasteiger partial charge in [-0.15, -0.1) is 0 Å². The van der Waals surface area contributed by atoms with E-state index in [2.05, 4.69) is 13.8 Å². The molecule has 0 aliphatic rings. The molecule has 4 nitrogen and oxygen atoms in total. The van der Waals surface area contributed by atoms with Crippen molar-refractivity contribution in [2.75, 3.05) is 26.4 Å². The molecule has 0 fully saturated rings. The summed E-state index contributed by atoms with van der Waals surface area (Å²) in [4.78, 5) is 0. The standard InChI is InChI=1S/C11H26O4Si/c1-6-12-16(13-7-2,14-8-3)15-10-9-11(4)5/h11H,6-10H2,1-5H3. The van der Waals surface area contributed by atoms with Crippen LogP contribution in [0.25, 0.3) is 0 Å². The highest BCUT2D eigenvalue weighted by Crippen LogP contribution is 2.13. The minimum atomic E-state index is -2.86. The monoisotopic (exact) mass is 250 g/mol. The zero-order valence-electron chi connectivity index (χ0n) is 11.2. The van der Waals surface area contributed by atoms with Gasteiger partial charge in [0, 0.05) is 26.4 Å². The second-order valence-electron chi connectivity index (χ2n) is 3.83. The molecule has 0 unspecified atom stereocenters. The molecular formula is C11H26O4Si. The quantitative estimate of drug-likeness (QED) is 0.558. The van der Waals surface area contributed by atoms with Crippen LogP contribution >= 0.6 is 0 Å². The Kier molecular flexibility index (Phi) is 9.16. The van der Waals surface area contributed by atoms with Gasteiger partial charge in [0.15, 0.2) is 0 Å². The smallest absolute Gasteiger partial charge is 0.351 e. The molecule has 0 aromatic heterocycles. The Bertz CT molecular complexity index is 147. The van der Waals surface area contributed by atoms with Gasteiger partial charge < -0.3 is 17.7 Å². The molecular weight excluding hydrogens is 224 g/mol. The van der Waals surface area contributed by atoms with Crippen molar-refractivity contribution in [1.82, 2.24) is 0 Å². The van der Waals surface area contributed by atoms with Crippen molar-refractivity contribution >= 4 is 9.05 Å². The first-order valence-electron chi connectivity index (χ1n) is 6.16. The van der Waals surface area contributed by atoms with Crippen molar-refractivity contribution in [2.45, 2.75) is 41.0 Å². The Labute approximate surface area is 101 Å². The van der Waals surface area contributed by atoms with Gasteiger partial charge in [-0.1, -0.05) is 13.8 Å². The Balaban J connectivity index is 4.23. The molecule has 0 atom stereocenters. The molecule has 0 aromatic rings. The molecule has 0 aliphatic heterocycles. The van der Waals surface area contributed by atoms with Crippen molar-refractivity contribution in [3.63, 3.8) is 0 Å². The van der Waals surface area contributed by atoms with Gasteiger partial charge >= 0.3 is 9.05 Å². The van der Waals surface area contributed by atoms with Crippen LogP contribution in [0.1, 0.15) is 41.0 Å². The minimum Gasteiger partial charge on any atom is -0.351 e. The summed E-state index contributed by atoms with van der Waals surface area (Å²) in [5.74, 6) is 0.608. The molecule has 0 N–H and O–H groups in total. The largest absolute Gasteiger partial charge is 0.679 e. The fourth-order valence-corrected chi connectivity index (χ4v) is 3.13. The van der Waals surface area contributed by atoms with Crippen LogP contribution in [0.15, 0.2) is 0 Å². The maximum Gasteiger partial charge on any atom is 0.679 e. The molecule has 0 radical (unpaired) electrons. The van der Waals surface area contributed by atoms with Gasteiger partial charge in [0.25, 0.3) is 0 Å². The lowest BCUT2D eigenvalue weighted by molar-refractivity contribution is -0.0290. The molecule has 0 aliphatic carbocycles. The summed E-state index contributed by atoms with van der Waals surface area (Å²) >= 11 is 0. The number of hydrogen-bond acceptors (Lipinski definition) is 4. The predicted octanol–water partition coefficient (Wildman–Crippen LogP) is 2.59. The van der Waals surface area contributed by atoms with Crippen molar-refractivity contribution < 1.29 is 17.7 Å². The van der Waals surface area contributed by atoms with Crippen LogP contribution in [0.5, 0.6) is 0 Å². The van der Waals surface area contributed by atoms with Gasteiger partial charge in [0.1, 0.15) is 0 Å². The Morgan fingerprint density at radius 1 is 0.812 bits per heavy atom. The van der Waals surface area contributed by atoms with E-state index < -0.39 is 9.05 Å². The van der Waals surface area contributed by atoms with E-state index in [4.69, 9.17) is 17.7 Å². The molecule has 16 heavy (non-hydrogen) atoms. The second-order valence-corrected chi connectivity index (χ2v) is 5.98. The summed E-state index contributed by atoms with van der Waals surface area (Å²) in [5, 5.41) is 0. The van der Waals surface area contributed by atoms with Crippen LogP contribution in [-0.4, -0.2) is 35.5 Å². The Morgan fingerprint density at radius 2 is 1.25 bits per heavy atom. The van der Waals surface area contributed by atoms with E-state index in [1.807, 2.05) is 20.8 Å². The van der Waals surface area contributed by atoms with Crippen molar-refractivity contribution in [3.8, 4) is 0 Å². The first kappa shape index (κ1) is 16.1. The highest BCUT2D eigenvalue weighted by Gasteiger charge is 2.44. The van der Waals surface area contributed by atoms with Gasteiger partial charge in [0.2, 0.25) is 0 Å². The highest BCUT2D eigenvalue weighted by atomic mass is 28.4. The molecule has 0 heterocycles. The fraction of sp³-hybridized carbons (Fsp3) is 1.00. The lowest BCUT2D eigenvalue weighted by atomic mass is 10.2. The summed E-state index contributed by atoms with van der Waals surface area (Å²) in [6, 6.07) is 0. The summed E-state index contributed by atoms with van der Waals surface area (Å²) in [6.45, 7) is 12.4. The van der Waals surface area contributed by atoms with E-state index in [1.165, 1.54) is 0 Å². The maximum absolute atomic E-state index is 5.73. The summed E-state index contributed by atoms with van der Waals surface area (Å²) in [5.41, 5.74) is 0. The molecule has 98 valence electrons. The third-order valence-corrected chi connectivity index (χ3v) is 4.42. The number of rotatable bonds is 10. The van der Waals surface area contributed by atoms with Gasteiger partial charge in [0.05, 0.1) is 0 Å².